The standard InChI is InChI=1S/C12H19FN2S/c1-3-16-7-6-9(2)15-12-5-4-10(14)8-11(12)13/h4-5,8-9,15H,3,6-7,14H2,1-2H3. The van der Waals surface area contributed by atoms with E-state index in [0.717, 1.165) is 17.9 Å². The molecule has 1 aromatic carbocycles. The van der Waals surface area contributed by atoms with Crippen LogP contribution in [-0.4, -0.2) is 17.5 Å². The van der Waals surface area contributed by atoms with Gasteiger partial charge in [0.05, 0.1) is 5.69 Å². The third-order valence-corrected chi connectivity index (χ3v) is 3.23. The molecule has 0 spiro atoms. The van der Waals surface area contributed by atoms with E-state index in [4.69, 9.17) is 5.73 Å². The summed E-state index contributed by atoms with van der Waals surface area (Å²) in [5.74, 6) is 1.94. The summed E-state index contributed by atoms with van der Waals surface area (Å²) in [7, 11) is 0. The normalized spacial score (nSPS) is 12.4. The van der Waals surface area contributed by atoms with Crippen LogP contribution >= 0.6 is 11.8 Å². The smallest absolute Gasteiger partial charge is 0.148 e. The number of hydrogen-bond acceptors (Lipinski definition) is 3. The molecule has 0 saturated heterocycles. The van der Waals surface area contributed by atoms with Crippen LogP contribution in [0.25, 0.3) is 0 Å². The van der Waals surface area contributed by atoms with Crippen LogP contribution in [0.1, 0.15) is 20.3 Å². The summed E-state index contributed by atoms with van der Waals surface area (Å²) in [5.41, 5.74) is 6.47. The Hall–Kier alpha value is -0.900. The fourth-order valence-corrected chi connectivity index (χ4v) is 2.20. The number of hydrogen-bond donors (Lipinski definition) is 2. The van der Waals surface area contributed by atoms with Gasteiger partial charge in [0.15, 0.2) is 0 Å². The van der Waals surface area contributed by atoms with Gasteiger partial charge in [0, 0.05) is 11.7 Å². The van der Waals surface area contributed by atoms with Crippen molar-refractivity contribution in [2.75, 3.05) is 22.6 Å². The van der Waals surface area contributed by atoms with Crippen LogP contribution in [0, 0.1) is 5.82 Å². The first-order valence-corrected chi connectivity index (χ1v) is 6.68. The molecule has 0 aromatic heterocycles. The molecule has 0 heterocycles. The van der Waals surface area contributed by atoms with Crippen LogP contribution in [-0.2, 0) is 0 Å². The minimum absolute atomic E-state index is 0.275. The molecule has 4 heteroatoms. The molecule has 1 unspecified atom stereocenters. The third-order valence-electron chi connectivity index (χ3n) is 2.29. The summed E-state index contributed by atoms with van der Waals surface area (Å²) >= 11 is 1.90. The highest BCUT2D eigenvalue weighted by atomic mass is 32.2. The highest BCUT2D eigenvalue weighted by Gasteiger charge is 2.06. The molecule has 0 bridgehead atoms. The van der Waals surface area contributed by atoms with E-state index in [1.165, 1.54) is 6.07 Å². The molecule has 1 rings (SSSR count). The Morgan fingerprint density at radius 2 is 2.25 bits per heavy atom. The predicted octanol–water partition coefficient (Wildman–Crippen LogP) is 3.35. The van der Waals surface area contributed by atoms with Crippen molar-refractivity contribution < 1.29 is 4.39 Å². The van der Waals surface area contributed by atoms with Crippen LogP contribution in [0.3, 0.4) is 0 Å². The Labute approximate surface area is 101 Å². The molecule has 16 heavy (non-hydrogen) atoms. The van der Waals surface area contributed by atoms with Gasteiger partial charge in [-0.3, -0.25) is 0 Å². The zero-order valence-corrected chi connectivity index (χ0v) is 10.6. The Bertz CT molecular complexity index is 331. The van der Waals surface area contributed by atoms with Gasteiger partial charge in [-0.2, -0.15) is 11.8 Å². The number of rotatable bonds is 6. The third kappa shape index (κ3) is 4.31. The summed E-state index contributed by atoms with van der Waals surface area (Å²) in [4.78, 5) is 0. The van der Waals surface area contributed by atoms with E-state index in [2.05, 4.69) is 19.2 Å². The van der Waals surface area contributed by atoms with Crippen molar-refractivity contribution in [3.8, 4) is 0 Å². The maximum absolute atomic E-state index is 13.5. The Balaban J connectivity index is 2.46. The summed E-state index contributed by atoms with van der Waals surface area (Å²) < 4.78 is 13.5. The average Bonchev–Trinajstić information content (AvgIpc) is 2.23. The molecule has 1 atom stereocenters. The van der Waals surface area contributed by atoms with Gasteiger partial charge in [0.25, 0.3) is 0 Å². The fraction of sp³-hybridized carbons (Fsp3) is 0.500. The van der Waals surface area contributed by atoms with E-state index in [9.17, 15) is 4.39 Å². The van der Waals surface area contributed by atoms with Gasteiger partial charge in [0.2, 0.25) is 0 Å². The predicted molar refractivity (Wildman–Crippen MR) is 71.5 cm³/mol. The Morgan fingerprint density at radius 1 is 1.50 bits per heavy atom. The largest absolute Gasteiger partial charge is 0.399 e. The molecular weight excluding hydrogens is 223 g/mol. The summed E-state index contributed by atoms with van der Waals surface area (Å²) in [5, 5.41) is 3.15. The van der Waals surface area contributed by atoms with Crippen molar-refractivity contribution in [3.63, 3.8) is 0 Å². The number of benzene rings is 1. The second-order valence-electron chi connectivity index (χ2n) is 3.77. The molecule has 3 N–H and O–H groups in total. The molecule has 0 aliphatic rings. The topological polar surface area (TPSA) is 38.0 Å². The molecule has 0 fully saturated rings. The molecule has 1 aromatic rings. The SMILES string of the molecule is CCSCCC(C)Nc1ccc(N)cc1F. The highest BCUT2D eigenvalue weighted by Crippen LogP contribution is 2.18. The molecule has 2 nitrogen and oxygen atoms in total. The van der Waals surface area contributed by atoms with Crippen molar-refractivity contribution >= 4 is 23.1 Å². The van der Waals surface area contributed by atoms with Crippen molar-refractivity contribution in [1.29, 1.82) is 0 Å². The summed E-state index contributed by atoms with van der Waals surface area (Å²) in [6.45, 7) is 4.20. The zero-order valence-electron chi connectivity index (χ0n) is 9.79. The van der Waals surface area contributed by atoms with Crippen molar-refractivity contribution in [2.24, 2.45) is 0 Å². The van der Waals surface area contributed by atoms with E-state index in [1.807, 2.05) is 11.8 Å². The molecule has 0 radical (unpaired) electrons. The lowest BCUT2D eigenvalue weighted by Gasteiger charge is -2.15. The van der Waals surface area contributed by atoms with Crippen LogP contribution in [0.5, 0.6) is 0 Å². The van der Waals surface area contributed by atoms with Crippen molar-refractivity contribution in [2.45, 2.75) is 26.3 Å². The maximum Gasteiger partial charge on any atom is 0.148 e. The van der Waals surface area contributed by atoms with Crippen LogP contribution in [0.4, 0.5) is 15.8 Å². The zero-order chi connectivity index (χ0) is 12.0. The molecule has 0 saturated carbocycles. The second kappa shape index (κ2) is 6.63. The van der Waals surface area contributed by atoms with E-state index in [1.54, 1.807) is 12.1 Å². The molecule has 0 aliphatic carbocycles. The first-order chi connectivity index (χ1) is 7.63. The van der Waals surface area contributed by atoms with Crippen molar-refractivity contribution in [1.82, 2.24) is 0 Å². The van der Waals surface area contributed by atoms with Crippen LogP contribution in [0.2, 0.25) is 0 Å². The Morgan fingerprint density at radius 3 is 2.88 bits per heavy atom. The first kappa shape index (κ1) is 13.2. The lowest BCUT2D eigenvalue weighted by molar-refractivity contribution is 0.626. The number of halogens is 1. The van der Waals surface area contributed by atoms with E-state index in [0.29, 0.717) is 11.4 Å². The molecule has 90 valence electrons. The number of nitrogen functional groups attached to an aromatic ring is 1. The summed E-state index contributed by atoms with van der Waals surface area (Å²) in [6, 6.07) is 5.01. The van der Waals surface area contributed by atoms with Gasteiger partial charge in [-0.05, 0) is 43.0 Å². The van der Waals surface area contributed by atoms with Gasteiger partial charge >= 0.3 is 0 Å². The Kier molecular flexibility index (Phi) is 5.46. The molecular formula is C12H19FN2S. The van der Waals surface area contributed by atoms with Gasteiger partial charge in [0.1, 0.15) is 5.82 Å². The van der Waals surface area contributed by atoms with Gasteiger partial charge in [-0.1, -0.05) is 6.92 Å². The van der Waals surface area contributed by atoms with E-state index >= 15 is 0 Å². The number of nitrogens with two attached hydrogens (primary N) is 1. The quantitative estimate of drug-likeness (QED) is 0.593. The number of anilines is 2. The average molecular weight is 242 g/mol. The lowest BCUT2D eigenvalue weighted by atomic mass is 10.2. The summed E-state index contributed by atoms with van der Waals surface area (Å²) in [6.07, 6.45) is 1.03. The van der Waals surface area contributed by atoms with Crippen LogP contribution < -0.4 is 11.1 Å². The highest BCUT2D eigenvalue weighted by molar-refractivity contribution is 7.99. The molecule has 0 amide bonds. The van der Waals surface area contributed by atoms with E-state index < -0.39 is 0 Å². The van der Waals surface area contributed by atoms with Crippen LogP contribution in [0.15, 0.2) is 18.2 Å². The van der Waals surface area contributed by atoms with Crippen molar-refractivity contribution in [3.05, 3.63) is 24.0 Å². The second-order valence-corrected chi connectivity index (χ2v) is 5.16. The minimum Gasteiger partial charge on any atom is -0.399 e. The molecule has 0 aliphatic heterocycles. The van der Waals surface area contributed by atoms with Gasteiger partial charge in [-0.15, -0.1) is 0 Å². The monoisotopic (exact) mass is 242 g/mol. The number of thioether (sulfide) groups is 1. The van der Waals surface area contributed by atoms with Gasteiger partial charge in [-0.25, -0.2) is 4.39 Å². The maximum atomic E-state index is 13.5. The number of nitrogens with one attached hydrogen (secondary N) is 1. The van der Waals surface area contributed by atoms with E-state index in [-0.39, 0.29) is 11.9 Å². The fourth-order valence-electron chi connectivity index (χ4n) is 1.39. The lowest BCUT2D eigenvalue weighted by Crippen LogP contribution is -2.17. The van der Waals surface area contributed by atoms with Gasteiger partial charge < -0.3 is 11.1 Å². The first-order valence-electron chi connectivity index (χ1n) is 5.52. The minimum atomic E-state index is -0.282.